The van der Waals surface area contributed by atoms with E-state index in [1.165, 1.54) is 0 Å². The van der Waals surface area contributed by atoms with Crippen molar-refractivity contribution in [1.29, 1.82) is 0 Å². The molecule has 2 unspecified atom stereocenters. The number of aliphatic hydroxyl groups is 1. The molecule has 0 aromatic heterocycles. The Kier molecular flexibility index (Phi) is 49.0. The van der Waals surface area contributed by atoms with E-state index >= 15 is 0 Å². The van der Waals surface area contributed by atoms with E-state index < -0.39 is 42.1 Å². The number of ether oxygens (including phenoxy) is 5. The van der Waals surface area contributed by atoms with Crippen LogP contribution in [0.15, 0.2) is 0 Å². The van der Waals surface area contributed by atoms with Gasteiger partial charge in [0.25, 0.3) is 0 Å². The molecule has 0 aliphatic heterocycles. The summed E-state index contributed by atoms with van der Waals surface area (Å²) in [5.74, 6) is -3.19. The van der Waals surface area contributed by atoms with Crippen LogP contribution in [-0.2, 0) is 76.6 Å². The molecule has 2 atom stereocenters. The fraction of sp³-hybridized carbons (Fsp3) is 0.852. The molecule has 0 rings (SSSR count). The second-order valence-electron chi connectivity index (χ2n) is 18.7. The maximum Gasteiger partial charge on any atom is 0.324 e. The number of aliphatic hydroxyl groups excluding tert-OH is 1. The number of rotatable bonds is 53. The van der Waals surface area contributed by atoms with Crippen molar-refractivity contribution < 1.29 is 81.7 Å². The smallest absolute Gasteiger partial charge is 0.324 e. The summed E-state index contributed by atoms with van der Waals surface area (Å²) in [6.07, 6.45) is 20.1. The van der Waals surface area contributed by atoms with Gasteiger partial charge in [0.2, 0.25) is 0 Å². The maximum atomic E-state index is 12.8. The number of nitrogens with one attached hydrogen (secondary N) is 3. The molecule has 0 aliphatic carbocycles. The quantitative estimate of drug-likeness (QED) is 0.0192. The number of hydroxylamine groups is 3. The lowest BCUT2D eigenvalue weighted by Gasteiger charge is -2.18. The topological polar surface area (TPSA) is 267 Å². The van der Waals surface area contributed by atoms with Crippen molar-refractivity contribution >= 4 is 47.8 Å². The number of carbonyl (C=O) groups is 8. The third kappa shape index (κ3) is 49.8. The average Bonchev–Trinajstić information content (AvgIpc) is 3.38. The zero-order chi connectivity index (χ0) is 54.5. The first-order chi connectivity index (χ1) is 35.9. The Balaban J connectivity index is 4.41. The van der Waals surface area contributed by atoms with Crippen LogP contribution in [0.1, 0.15) is 239 Å². The van der Waals surface area contributed by atoms with Gasteiger partial charge in [0, 0.05) is 71.0 Å². The lowest BCUT2D eigenvalue weighted by Crippen LogP contribution is -2.30. The highest BCUT2D eigenvalue weighted by Gasteiger charge is 2.20. The third-order valence-corrected chi connectivity index (χ3v) is 11.5. The van der Waals surface area contributed by atoms with Crippen LogP contribution >= 0.6 is 0 Å². The first-order valence-corrected chi connectivity index (χ1v) is 28.2. The van der Waals surface area contributed by atoms with Crippen LogP contribution in [0.25, 0.3) is 0 Å². The van der Waals surface area contributed by atoms with Crippen molar-refractivity contribution in [3.8, 4) is 0 Å². The molecule has 0 saturated carbocycles. The maximum absolute atomic E-state index is 12.8. The van der Waals surface area contributed by atoms with Crippen molar-refractivity contribution in [1.82, 2.24) is 16.4 Å². The summed E-state index contributed by atoms with van der Waals surface area (Å²) >= 11 is 0. The predicted octanol–water partition coefficient (Wildman–Crippen LogP) is 8.90. The molecule has 0 saturated heterocycles. The van der Waals surface area contributed by atoms with Gasteiger partial charge < -0.3 is 43.3 Å². The minimum atomic E-state index is -1.13. The van der Waals surface area contributed by atoms with Crippen LogP contribution in [0.3, 0.4) is 0 Å². The summed E-state index contributed by atoms with van der Waals surface area (Å²) in [5, 5.41) is 10.1. The number of unbranched alkanes of at least 4 members (excludes halogenated alkanes) is 19. The fourth-order valence-corrected chi connectivity index (χ4v) is 7.02. The summed E-state index contributed by atoms with van der Waals surface area (Å²) in [4.78, 5) is 112. The molecule has 0 heterocycles. The predicted molar refractivity (Wildman–Crippen MR) is 276 cm³/mol. The molecule has 0 fully saturated rings. The largest absolute Gasteiger partial charge is 0.463 e. The second-order valence-corrected chi connectivity index (χ2v) is 18.7. The standard InChI is InChI=1S/C54H97N3O17/c1-4-7-38-55-72-52(64)35-27-19-11-16-23-31-48(60)68-42-45(58)41-67-47(59)30-22-14-10-15-24-32-49(61)69-43-46(71-51(63)34-26-18-13-21-29-37-54(66)74-57-40-9-6-3)44-70-50(62)33-25-17-12-20-28-36-53(65)73-56-39-8-5-2/h45-46,55-58H,4-44H2,1-3H3. The summed E-state index contributed by atoms with van der Waals surface area (Å²) in [7, 11) is 0. The molecule has 0 spiro atoms. The van der Waals surface area contributed by atoms with Gasteiger partial charge in [-0.05, 0) is 70.6 Å². The number of esters is 5. The molecule has 0 radical (unpaired) electrons. The van der Waals surface area contributed by atoms with Gasteiger partial charge in [-0.1, -0.05) is 117 Å². The summed E-state index contributed by atoms with van der Waals surface area (Å²) in [5.41, 5.74) is 8.01. The summed E-state index contributed by atoms with van der Waals surface area (Å²) in [6.45, 7) is 6.99. The Labute approximate surface area is 442 Å². The zero-order valence-electron chi connectivity index (χ0n) is 45.6. The minimum Gasteiger partial charge on any atom is -0.463 e. The summed E-state index contributed by atoms with van der Waals surface area (Å²) in [6, 6.07) is 0. The minimum absolute atomic E-state index is 0.131. The molecule has 430 valence electrons. The Morgan fingerprint density at radius 2 is 0.541 bits per heavy atom. The van der Waals surface area contributed by atoms with E-state index in [9.17, 15) is 43.5 Å². The highest BCUT2D eigenvalue weighted by Crippen LogP contribution is 2.14. The Morgan fingerprint density at radius 1 is 0.311 bits per heavy atom. The fourth-order valence-electron chi connectivity index (χ4n) is 7.02. The van der Waals surface area contributed by atoms with Crippen molar-refractivity contribution in [2.75, 3.05) is 46.1 Å². The SMILES string of the molecule is CCCCNOC(=O)CCCCCCCC(=O)OCC(O)COC(=O)CCCCCCCC(=O)OCC(COC(=O)CCCCCCCC(=O)ONCCCC)OC(=O)CCCCCCCC(=O)ONCCCC. The number of hydrogen-bond acceptors (Lipinski definition) is 20. The molecule has 0 aromatic rings. The molecule has 0 amide bonds. The Hall–Kier alpha value is -4.40. The molecule has 0 bridgehead atoms. The van der Waals surface area contributed by atoms with E-state index in [1.807, 2.05) is 0 Å². The van der Waals surface area contributed by atoms with Gasteiger partial charge in [-0.25, -0.2) is 0 Å². The molecule has 0 aromatic carbocycles. The molecular formula is C54H97N3O17. The van der Waals surface area contributed by atoms with Crippen LogP contribution in [0.5, 0.6) is 0 Å². The van der Waals surface area contributed by atoms with E-state index in [0.29, 0.717) is 96.7 Å². The van der Waals surface area contributed by atoms with Crippen molar-refractivity contribution in [3.63, 3.8) is 0 Å². The van der Waals surface area contributed by atoms with Crippen LogP contribution in [0, 0.1) is 0 Å². The second kappa shape index (κ2) is 52.1. The van der Waals surface area contributed by atoms with Gasteiger partial charge in [-0.2, -0.15) is 16.4 Å². The van der Waals surface area contributed by atoms with E-state index in [-0.39, 0.29) is 76.4 Å². The lowest BCUT2D eigenvalue weighted by atomic mass is 10.1. The van der Waals surface area contributed by atoms with Gasteiger partial charge in [-0.3, -0.25) is 38.4 Å². The van der Waals surface area contributed by atoms with E-state index in [4.69, 9.17) is 38.2 Å². The summed E-state index contributed by atoms with van der Waals surface area (Å²) < 4.78 is 26.7. The molecule has 20 heteroatoms. The van der Waals surface area contributed by atoms with Gasteiger partial charge in [-0.15, -0.1) is 0 Å². The van der Waals surface area contributed by atoms with Gasteiger partial charge in [0.1, 0.15) is 32.5 Å². The number of carbonyl (C=O) groups excluding carboxylic acids is 8. The third-order valence-electron chi connectivity index (χ3n) is 11.5. The van der Waals surface area contributed by atoms with Gasteiger partial charge in [0.15, 0.2) is 6.10 Å². The van der Waals surface area contributed by atoms with E-state index in [1.54, 1.807) is 0 Å². The monoisotopic (exact) mass is 1060 g/mol. The zero-order valence-corrected chi connectivity index (χ0v) is 45.6. The van der Waals surface area contributed by atoms with Gasteiger partial charge in [0.05, 0.1) is 0 Å². The Bertz CT molecular complexity index is 1470. The molecule has 20 nitrogen and oxygen atoms in total. The van der Waals surface area contributed by atoms with E-state index in [2.05, 4.69) is 37.2 Å². The van der Waals surface area contributed by atoms with Crippen LogP contribution in [-0.4, -0.2) is 111 Å². The Morgan fingerprint density at radius 3 is 0.811 bits per heavy atom. The first kappa shape index (κ1) is 69.6. The molecular weight excluding hydrogens is 963 g/mol. The van der Waals surface area contributed by atoms with Crippen LogP contribution < -0.4 is 16.4 Å². The normalized spacial score (nSPS) is 11.8. The van der Waals surface area contributed by atoms with Crippen LogP contribution in [0.4, 0.5) is 0 Å². The first-order valence-electron chi connectivity index (χ1n) is 28.2. The van der Waals surface area contributed by atoms with Crippen molar-refractivity contribution in [2.45, 2.75) is 251 Å². The van der Waals surface area contributed by atoms with Crippen LogP contribution in [0.2, 0.25) is 0 Å². The molecule has 0 aliphatic rings. The highest BCUT2D eigenvalue weighted by molar-refractivity contribution is 5.72. The average molecular weight is 1060 g/mol. The molecule has 74 heavy (non-hydrogen) atoms. The molecule has 4 N–H and O–H groups in total. The number of hydrogen-bond donors (Lipinski definition) is 4. The highest BCUT2D eigenvalue weighted by atomic mass is 16.7. The van der Waals surface area contributed by atoms with Crippen molar-refractivity contribution in [2.24, 2.45) is 0 Å². The van der Waals surface area contributed by atoms with Gasteiger partial charge >= 0.3 is 47.8 Å². The lowest BCUT2D eigenvalue weighted by molar-refractivity contribution is -0.167. The van der Waals surface area contributed by atoms with Crippen molar-refractivity contribution in [3.05, 3.63) is 0 Å². The van der Waals surface area contributed by atoms with E-state index in [0.717, 1.165) is 109 Å².